The topological polar surface area (TPSA) is 35.5 Å². The summed E-state index contributed by atoms with van der Waals surface area (Å²) in [5.41, 5.74) is -0.0365. The summed E-state index contributed by atoms with van der Waals surface area (Å²) < 4.78 is 10.6. The Bertz CT molecular complexity index is 388. The molecule has 2 radical (unpaired) electrons. The van der Waals surface area contributed by atoms with E-state index in [0.717, 1.165) is 5.56 Å². The highest BCUT2D eigenvalue weighted by atomic mass is 16.6. The first-order valence-electron chi connectivity index (χ1n) is 5.65. The monoisotopic (exact) mass is 232 g/mol. The van der Waals surface area contributed by atoms with E-state index in [0.29, 0.717) is 18.7 Å². The lowest BCUT2D eigenvalue weighted by Gasteiger charge is -2.24. The van der Waals surface area contributed by atoms with Gasteiger partial charge in [0.25, 0.3) is 0 Å². The predicted molar refractivity (Wildman–Crippen MR) is 67.2 cm³/mol. The van der Waals surface area contributed by atoms with Crippen LogP contribution < -0.4 is 4.74 Å². The molecule has 0 saturated heterocycles. The molecule has 0 aliphatic rings. The Balaban J connectivity index is 2.78. The fraction of sp³-hybridized carbons (Fsp3) is 0.462. The number of hydrogen-bond acceptors (Lipinski definition) is 3. The van der Waals surface area contributed by atoms with Crippen molar-refractivity contribution in [2.75, 3.05) is 6.61 Å². The second-order valence-electron chi connectivity index (χ2n) is 4.18. The summed E-state index contributed by atoms with van der Waals surface area (Å²) in [6.07, 6.45) is 0.442. The number of carbonyl (C=O) groups excluding carboxylic acids is 1. The quantitative estimate of drug-likeness (QED) is 0.575. The van der Waals surface area contributed by atoms with Crippen molar-refractivity contribution in [3.8, 4) is 5.75 Å². The second kappa shape index (κ2) is 5.76. The van der Waals surface area contributed by atoms with Gasteiger partial charge in [0, 0.05) is 0 Å². The molecule has 0 unspecified atom stereocenters. The zero-order valence-electron chi connectivity index (χ0n) is 10.5. The maximum Gasteiger partial charge on any atom is 0.349 e. The van der Waals surface area contributed by atoms with Crippen molar-refractivity contribution in [2.45, 2.75) is 32.7 Å². The van der Waals surface area contributed by atoms with E-state index in [9.17, 15) is 4.79 Å². The van der Waals surface area contributed by atoms with E-state index in [1.165, 1.54) is 0 Å². The third kappa shape index (κ3) is 3.81. The van der Waals surface area contributed by atoms with Crippen LogP contribution >= 0.6 is 0 Å². The first-order valence-corrected chi connectivity index (χ1v) is 5.65. The van der Waals surface area contributed by atoms with Gasteiger partial charge >= 0.3 is 5.97 Å². The molecule has 0 saturated carbocycles. The van der Waals surface area contributed by atoms with Gasteiger partial charge in [-0.2, -0.15) is 0 Å². The van der Waals surface area contributed by atoms with Crippen LogP contribution in [0.2, 0.25) is 0 Å². The standard InChI is InChI=1S/C13H17BO3/c1-4-16-12(15)13(2,3)17-11-7-5-6-10(8-11)9-14/h5-8H,4,9H2,1-3H3. The smallest absolute Gasteiger partial charge is 0.349 e. The molecule has 1 aromatic carbocycles. The van der Waals surface area contributed by atoms with Gasteiger partial charge in [0.2, 0.25) is 0 Å². The minimum absolute atomic E-state index is 0.342. The van der Waals surface area contributed by atoms with Crippen LogP contribution in [-0.4, -0.2) is 26.0 Å². The molecule has 0 bridgehead atoms. The number of benzene rings is 1. The lowest BCUT2D eigenvalue weighted by Crippen LogP contribution is -2.39. The Morgan fingerprint density at radius 2 is 2.12 bits per heavy atom. The summed E-state index contributed by atoms with van der Waals surface area (Å²) in [6, 6.07) is 7.37. The van der Waals surface area contributed by atoms with Crippen LogP contribution in [0.25, 0.3) is 0 Å². The summed E-state index contributed by atoms with van der Waals surface area (Å²) in [5.74, 6) is 0.240. The van der Waals surface area contributed by atoms with Crippen LogP contribution in [0.1, 0.15) is 26.3 Å². The maximum atomic E-state index is 11.7. The Morgan fingerprint density at radius 1 is 1.41 bits per heavy atom. The highest BCUT2D eigenvalue weighted by molar-refractivity contribution is 6.08. The predicted octanol–water partition coefficient (Wildman–Crippen LogP) is 2.08. The highest BCUT2D eigenvalue weighted by Crippen LogP contribution is 2.20. The molecule has 0 spiro atoms. The summed E-state index contributed by atoms with van der Waals surface area (Å²) in [4.78, 5) is 11.7. The largest absolute Gasteiger partial charge is 0.476 e. The summed E-state index contributed by atoms with van der Waals surface area (Å²) in [6.45, 7) is 5.47. The Labute approximate surface area is 104 Å². The normalized spacial score (nSPS) is 11.0. The van der Waals surface area contributed by atoms with Gasteiger partial charge < -0.3 is 9.47 Å². The second-order valence-corrected chi connectivity index (χ2v) is 4.18. The van der Waals surface area contributed by atoms with Crippen LogP contribution in [0.4, 0.5) is 0 Å². The van der Waals surface area contributed by atoms with Gasteiger partial charge in [0.1, 0.15) is 5.75 Å². The Morgan fingerprint density at radius 3 is 2.71 bits per heavy atom. The van der Waals surface area contributed by atoms with Crippen LogP contribution in [0.15, 0.2) is 24.3 Å². The fourth-order valence-corrected chi connectivity index (χ4v) is 1.38. The molecule has 0 aliphatic carbocycles. The van der Waals surface area contributed by atoms with Crippen molar-refractivity contribution in [1.29, 1.82) is 0 Å². The van der Waals surface area contributed by atoms with E-state index in [1.54, 1.807) is 26.8 Å². The van der Waals surface area contributed by atoms with Gasteiger partial charge in [-0.3, -0.25) is 0 Å². The molecule has 0 aromatic heterocycles. The zero-order chi connectivity index (χ0) is 12.9. The first kappa shape index (κ1) is 13.6. The molecular formula is C13H17BO3. The molecule has 4 heteroatoms. The van der Waals surface area contributed by atoms with Crippen molar-refractivity contribution in [3.05, 3.63) is 29.8 Å². The van der Waals surface area contributed by atoms with Gasteiger partial charge in [0.05, 0.1) is 14.5 Å². The Hall–Kier alpha value is -1.45. The molecule has 0 fully saturated rings. The summed E-state index contributed by atoms with van der Waals surface area (Å²) in [7, 11) is 5.54. The van der Waals surface area contributed by atoms with Crippen molar-refractivity contribution in [1.82, 2.24) is 0 Å². The van der Waals surface area contributed by atoms with E-state index < -0.39 is 5.60 Å². The SMILES string of the molecule is [B]Cc1cccc(OC(C)(C)C(=O)OCC)c1. The molecular weight excluding hydrogens is 215 g/mol. The summed E-state index contributed by atoms with van der Waals surface area (Å²) in [5, 5.41) is 0. The van der Waals surface area contributed by atoms with Crippen LogP contribution in [0, 0.1) is 0 Å². The van der Waals surface area contributed by atoms with Crippen molar-refractivity contribution >= 4 is 13.8 Å². The minimum atomic E-state index is -0.997. The fourth-order valence-electron chi connectivity index (χ4n) is 1.38. The number of esters is 1. The van der Waals surface area contributed by atoms with E-state index >= 15 is 0 Å². The van der Waals surface area contributed by atoms with Crippen molar-refractivity contribution in [2.24, 2.45) is 0 Å². The number of ether oxygens (including phenoxy) is 2. The molecule has 0 amide bonds. The van der Waals surface area contributed by atoms with E-state index in [1.807, 2.05) is 18.2 Å². The summed E-state index contributed by atoms with van der Waals surface area (Å²) >= 11 is 0. The molecule has 1 aromatic rings. The number of hydrogen-bond donors (Lipinski definition) is 0. The van der Waals surface area contributed by atoms with E-state index in [-0.39, 0.29) is 5.97 Å². The van der Waals surface area contributed by atoms with Gasteiger partial charge in [-0.25, -0.2) is 4.79 Å². The molecule has 0 atom stereocenters. The van der Waals surface area contributed by atoms with Crippen LogP contribution in [0.3, 0.4) is 0 Å². The van der Waals surface area contributed by atoms with Gasteiger partial charge in [-0.15, -0.1) is 0 Å². The lowest BCUT2D eigenvalue weighted by molar-refractivity contribution is -0.158. The van der Waals surface area contributed by atoms with Gasteiger partial charge in [-0.05, 0) is 32.9 Å². The number of rotatable bonds is 5. The average Bonchev–Trinajstić information content (AvgIpc) is 2.29. The minimum Gasteiger partial charge on any atom is -0.476 e. The maximum absolute atomic E-state index is 11.7. The highest BCUT2D eigenvalue weighted by Gasteiger charge is 2.31. The lowest BCUT2D eigenvalue weighted by atomic mass is 9.97. The molecule has 1 rings (SSSR count). The van der Waals surface area contributed by atoms with Gasteiger partial charge in [0.15, 0.2) is 5.60 Å². The van der Waals surface area contributed by atoms with Crippen molar-refractivity contribution in [3.63, 3.8) is 0 Å². The molecule has 0 heterocycles. The average molecular weight is 232 g/mol. The van der Waals surface area contributed by atoms with Gasteiger partial charge in [-0.1, -0.05) is 24.0 Å². The molecule has 17 heavy (non-hydrogen) atoms. The Kier molecular flexibility index (Phi) is 4.61. The number of carbonyl (C=O) groups is 1. The van der Waals surface area contributed by atoms with Crippen LogP contribution in [-0.2, 0) is 15.9 Å². The van der Waals surface area contributed by atoms with Crippen LogP contribution in [0.5, 0.6) is 5.75 Å². The third-order valence-corrected chi connectivity index (χ3v) is 2.27. The zero-order valence-corrected chi connectivity index (χ0v) is 10.5. The van der Waals surface area contributed by atoms with E-state index in [2.05, 4.69) is 0 Å². The molecule has 3 nitrogen and oxygen atoms in total. The molecule has 90 valence electrons. The molecule has 0 aliphatic heterocycles. The van der Waals surface area contributed by atoms with Crippen molar-refractivity contribution < 1.29 is 14.3 Å². The molecule has 0 N–H and O–H groups in total. The first-order chi connectivity index (χ1) is 7.99. The van der Waals surface area contributed by atoms with E-state index in [4.69, 9.17) is 17.3 Å². The third-order valence-electron chi connectivity index (χ3n) is 2.27.